The van der Waals surface area contributed by atoms with Gasteiger partial charge in [-0.1, -0.05) is 17.3 Å². The Morgan fingerprint density at radius 2 is 2.04 bits per heavy atom. The SMILES string of the molecule is COC(=O)c1ccc(OCc2noc(C(=O)NC[C@@H]3C[C@H]4C=C[C@H]3C4)n2)cc1. The van der Waals surface area contributed by atoms with Crippen molar-refractivity contribution < 1.29 is 23.6 Å². The molecule has 1 N–H and O–H groups in total. The van der Waals surface area contributed by atoms with E-state index in [1.54, 1.807) is 24.3 Å². The summed E-state index contributed by atoms with van der Waals surface area (Å²) in [7, 11) is 1.32. The third-order valence-corrected chi connectivity index (χ3v) is 5.25. The molecule has 8 heteroatoms. The Labute approximate surface area is 161 Å². The van der Waals surface area contributed by atoms with Gasteiger partial charge >= 0.3 is 17.8 Å². The molecule has 2 bridgehead atoms. The van der Waals surface area contributed by atoms with Crippen molar-refractivity contribution in [3.05, 3.63) is 53.7 Å². The van der Waals surface area contributed by atoms with Crippen molar-refractivity contribution in [3.8, 4) is 5.75 Å². The smallest absolute Gasteiger partial charge is 0.337 e. The Morgan fingerprint density at radius 3 is 2.71 bits per heavy atom. The first-order valence-corrected chi connectivity index (χ1v) is 9.22. The highest BCUT2D eigenvalue weighted by molar-refractivity contribution is 5.89. The van der Waals surface area contributed by atoms with E-state index in [0.717, 1.165) is 6.42 Å². The molecule has 2 aliphatic carbocycles. The van der Waals surface area contributed by atoms with E-state index in [9.17, 15) is 9.59 Å². The molecule has 28 heavy (non-hydrogen) atoms. The summed E-state index contributed by atoms with van der Waals surface area (Å²) in [5.74, 6) is 1.67. The van der Waals surface area contributed by atoms with Crippen LogP contribution in [0.25, 0.3) is 0 Å². The van der Waals surface area contributed by atoms with Crippen LogP contribution in [0.1, 0.15) is 39.7 Å². The summed E-state index contributed by atoms with van der Waals surface area (Å²) in [6.07, 6.45) is 6.85. The topological polar surface area (TPSA) is 104 Å². The molecular formula is C20H21N3O5. The normalized spacial score (nSPS) is 22.2. The number of hydrogen-bond acceptors (Lipinski definition) is 7. The fourth-order valence-corrected chi connectivity index (χ4v) is 3.79. The molecule has 0 saturated heterocycles. The largest absolute Gasteiger partial charge is 0.485 e. The van der Waals surface area contributed by atoms with E-state index in [1.165, 1.54) is 13.5 Å². The number of nitrogens with zero attached hydrogens (tertiary/aromatic N) is 2. The van der Waals surface area contributed by atoms with Crippen LogP contribution in [-0.4, -0.2) is 35.7 Å². The van der Waals surface area contributed by atoms with Gasteiger partial charge in [-0.3, -0.25) is 4.79 Å². The molecule has 1 aromatic carbocycles. The number of methoxy groups -OCH3 is 1. The van der Waals surface area contributed by atoms with Gasteiger partial charge in [0.1, 0.15) is 5.75 Å². The van der Waals surface area contributed by atoms with Crippen LogP contribution in [0, 0.1) is 17.8 Å². The number of ether oxygens (including phenoxy) is 2. The van der Waals surface area contributed by atoms with E-state index >= 15 is 0 Å². The monoisotopic (exact) mass is 383 g/mol. The van der Waals surface area contributed by atoms with Gasteiger partial charge < -0.3 is 19.3 Å². The van der Waals surface area contributed by atoms with Crippen molar-refractivity contribution in [1.82, 2.24) is 15.5 Å². The minimum atomic E-state index is -0.415. The molecule has 0 radical (unpaired) electrons. The molecule has 1 fully saturated rings. The lowest BCUT2D eigenvalue weighted by Crippen LogP contribution is -2.31. The summed E-state index contributed by atoms with van der Waals surface area (Å²) in [5, 5.41) is 6.65. The molecule has 1 aromatic heterocycles. The van der Waals surface area contributed by atoms with Crippen LogP contribution in [0.5, 0.6) is 5.75 Å². The molecule has 146 valence electrons. The summed E-state index contributed by atoms with van der Waals surface area (Å²) in [5.41, 5.74) is 0.430. The second-order valence-corrected chi connectivity index (χ2v) is 7.07. The number of hydrogen-bond donors (Lipinski definition) is 1. The van der Waals surface area contributed by atoms with Crippen molar-refractivity contribution >= 4 is 11.9 Å². The standard InChI is InChI=1S/C20H21N3O5/c1-26-20(25)13-4-6-16(7-5-13)27-11-17-22-19(28-23-17)18(24)21-10-15-9-12-2-3-14(15)8-12/h2-7,12,14-15H,8-11H2,1H3,(H,21,24)/t12-,14-,15-/m0/s1. The Bertz CT molecular complexity index is 890. The van der Waals surface area contributed by atoms with Crippen molar-refractivity contribution in [2.24, 2.45) is 17.8 Å². The number of fused-ring (bicyclic) bond motifs is 2. The van der Waals surface area contributed by atoms with Gasteiger partial charge in [0.25, 0.3) is 0 Å². The summed E-state index contributed by atoms with van der Waals surface area (Å²) >= 11 is 0. The van der Waals surface area contributed by atoms with E-state index in [4.69, 9.17) is 9.26 Å². The van der Waals surface area contributed by atoms with E-state index in [0.29, 0.717) is 35.6 Å². The van der Waals surface area contributed by atoms with Crippen LogP contribution in [0.3, 0.4) is 0 Å². The van der Waals surface area contributed by atoms with Crippen LogP contribution in [0.15, 0.2) is 40.9 Å². The first-order chi connectivity index (χ1) is 13.6. The quantitative estimate of drug-likeness (QED) is 0.578. The Kier molecular flexibility index (Phi) is 5.10. The van der Waals surface area contributed by atoms with Gasteiger partial charge in [-0.15, -0.1) is 0 Å². The van der Waals surface area contributed by atoms with Gasteiger partial charge in [0.15, 0.2) is 6.61 Å². The summed E-state index contributed by atoms with van der Waals surface area (Å²) in [4.78, 5) is 27.7. The van der Waals surface area contributed by atoms with E-state index < -0.39 is 5.97 Å². The number of amides is 1. The minimum Gasteiger partial charge on any atom is -0.485 e. The minimum absolute atomic E-state index is 0.0471. The zero-order valence-electron chi connectivity index (χ0n) is 15.5. The average Bonchev–Trinajstić information content (AvgIpc) is 3.47. The molecule has 4 rings (SSSR count). The first-order valence-electron chi connectivity index (χ1n) is 9.22. The highest BCUT2D eigenvalue weighted by Gasteiger charge is 2.35. The number of carbonyl (C=O) groups excluding carboxylic acids is 2. The number of rotatable bonds is 7. The highest BCUT2D eigenvalue weighted by atomic mass is 16.5. The second kappa shape index (κ2) is 7.84. The average molecular weight is 383 g/mol. The van der Waals surface area contributed by atoms with Gasteiger partial charge in [0.05, 0.1) is 12.7 Å². The molecule has 3 atom stereocenters. The number of allylic oxidation sites excluding steroid dienone is 2. The van der Waals surface area contributed by atoms with Gasteiger partial charge in [-0.25, -0.2) is 4.79 Å². The first kappa shape index (κ1) is 18.2. The Balaban J connectivity index is 1.26. The Hall–Kier alpha value is -3.16. The maximum atomic E-state index is 12.2. The molecule has 1 heterocycles. The summed E-state index contributed by atoms with van der Waals surface area (Å²) < 4.78 is 15.2. The highest BCUT2D eigenvalue weighted by Crippen LogP contribution is 2.42. The number of esters is 1. The molecule has 0 aliphatic heterocycles. The van der Waals surface area contributed by atoms with Crippen LogP contribution in [0.4, 0.5) is 0 Å². The van der Waals surface area contributed by atoms with E-state index in [1.807, 2.05) is 0 Å². The molecule has 2 aliphatic rings. The van der Waals surface area contributed by atoms with Gasteiger partial charge in [-0.05, 0) is 54.9 Å². The Morgan fingerprint density at radius 1 is 1.21 bits per heavy atom. The fourth-order valence-electron chi connectivity index (χ4n) is 3.79. The predicted molar refractivity (Wildman–Crippen MR) is 97.6 cm³/mol. The number of carbonyl (C=O) groups is 2. The lowest BCUT2D eigenvalue weighted by Gasteiger charge is -2.17. The molecule has 0 spiro atoms. The van der Waals surface area contributed by atoms with Crippen molar-refractivity contribution in [3.63, 3.8) is 0 Å². The molecular weight excluding hydrogens is 362 g/mol. The van der Waals surface area contributed by atoms with Crippen LogP contribution >= 0.6 is 0 Å². The summed E-state index contributed by atoms with van der Waals surface area (Å²) in [6, 6.07) is 6.48. The fraction of sp³-hybridized carbons (Fsp3) is 0.400. The molecule has 1 amide bonds. The van der Waals surface area contributed by atoms with Gasteiger partial charge in [0, 0.05) is 6.54 Å². The lowest BCUT2D eigenvalue weighted by molar-refractivity contribution is 0.0600. The van der Waals surface area contributed by atoms with E-state index in [-0.39, 0.29) is 24.2 Å². The maximum absolute atomic E-state index is 12.2. The maximum Gasteiger partial charge on any atom is 0.337 e. The number of benzene rings is 1. The molecule has 2 aromatic rings. The van der Waals surface area contributed by atoms with E-state index in [2.05, 4.69) is 32.3 Å². The van der Waals surface area contributed by atoms with Crippen molar-refractivity contribution in [1.29, 1.82) is 0 Å². The van der Waals surface area contributed by atoms with Gasteiger partial charge in [0.2, 0.25) is 5.82 Å². The number of aromatic nitrogens is 2. The molecule has 8 nitrogen and oxygen atoms in total. The zero-order chi connectivity index (χ0) is 19.5. The molecule has 0 unspecified atom stereocenters. The van der Waals surface area contributed by atoms with Crippen molar-refractivity contribution in [2.75, 3.05) is 13.7 Å². The predicted octanol–water partition coefficient (Wildman–Crippen LogP) is 2.38. The lowest BCUT2D eigenvalue weighted by atomic mass is 9.94. The second-order valence-electron chi connectivity index (χ2n) is 7.07. The molecule has 1 saturated carbocycles. The third kappa shape index (κ3) is 3.90. The zero-order valence-corrected chi connectivity index (χ0v) is 15.5. The number of nitrogens with one attached hydrogen (secondary N) is 1. The van der Waals surface area contributed by atoms with Crippen molar-refractivity contribution in [2.45, 2.75) is 19.4 Å². The third-order valence-electron chi connectivity index (χ3n) is 5.25. The van der Waals surface area contributed by atoms with Crippen LogP contribution in [0.2, 0.25) is 0 Å². The van der Waals surface area contributed by atoms with Gasteiger partial charge in [-0.2, -0.15) is 4.98 Å². The van der Waals surface area contributed by atoms with Crippen LogP contribution < -0.4 is 10.1 Å². The summed E-state index contributed by atoms with van der Waals surface area (Å²) in [6.45, 7) is 0.663. The van der Waals surface area contributed by atoms with Crippen LogP contribution in [-0.2, 0) is 11.3 Å².